The second kappa shape index (κ2) is 37.3. The number of pyridine rings is 4. The van der Waals surface area contributed by atoms with Gasteiger partial charge < -0.3 is 53.2 Å². The van der Waals surface area contributed by atoms with Crippen LogP contribution in [0.5, 0.6) is 0 Å². The third-order valence-corrected chi connectivity index (χ3v) is 20.1. The van der Waals surface area contributed by atoms with Crippen LogP contribution in [0.4, 0.5) is 23.3 Å². The number of benzene rings is 4. The summed E-state index contributed by atoms with van der Waals surface area (Å²) in [5.41, 5.74) is 38.6. The van der Waals surface area contributed by atoms with E-state index in [-0.39, 0.29) is 87.2 Å². The number of carbonyl (C=O) groups excluding carboxylic acids is 3. The van der Waals surface area contributed by atoms with Gasteiger partial charge >= 0.3 is 47.5 Å². The fourth-order valence-electron chi connectivity index (χ4n) is 13.7. The van der Waals surface area contributed by atoms with Gasteiger partial charge in [-0.2, -0.15) is 40.8 Å². The Bertz CT molecular complexity index is 6120. The number of aliphatic hydroxyl groups excluding tert-OH is 1. The average Bonchev–Trinajstić information content (AvgIpc) is 1.71. The summed E-state index contributed by atoms with van der Waals surface area (Å²) in [6, 6.07) is 30.6. The summed E-state index contributed by atoms with van der Waals surface area (Å²) in [5, 5.41) is 59.8. The van der Waals surface area contributed by atoms with Crippen LogP contribution >= 0.6 is 15.9 Å². The van der Waals surface area contributed by atoms with Gasteiger partial charge in [0.15, 0.2) is 12.5 Å². The number of carbonyl (C=O) groups is 3. The molecule has 116 heavy (non-hydrogen) atoms. The molecule has 0 saturated carbocycles. The van der Waals surface area contributed by atoms with Crippen molar-refractivity contribution in [3.05, 3.63) is 147 Å². The van der Waals surface area contributed by atoms with E-state index in [0.29, 0.717) is 64.9 Å². The predicted octanol–water partition coefficient (Wildman–Crippen LogP) is 9.97. The number of nitrogens with two attached hydrogens (primary N) is 4. The van der Waals surface area contributed by atoms with Gasteiger partial charge in [-0.15, -0.1) is 0 Å². The van der Waals surface area contributed by atoms with Crippen LogP contribution in [0.1, 0.15) is 119 Å². The first-order valence-corrected chi connectivity index (χ1v) is 38.5. The van der Waals surface area contributed by atoms with E-state index in [1.165, 1.54) is 0 Å². The molecule has 12 aromatic heterocycles. The van der Waals surface area contributed by atoms with E-state index in [4.69, 9.17) is 41.9 Å². The number of fused-ring (bicyclic) bond motifs is 12. The Hall–Kier alpha value is -11.7. The van der Waals surface area contributed by atoms with E-state index < -0.39 is 12.1 Å². The first-order chi connectivity index (χ1) is 55.3. The molecule has 6 atom stereocenters. The summed E-state index contributed by atoms with van der Waals surface area (Å²) in [7, 11) is 0. The third kappa shape index (κ3) is 17.7. The number of esters is 3. The number of halogens is 1. The van der Waals surface area contributed by atoms with E-state index in [0.717, 1.165) is 162 Å². The Balaban J connectivity index is 0.000000148. The van der Waals surface area contributed by atoms with Gasteiger partial charge in [0.25, 0.3) is 0 Å². The molecule has 36 heteroatoms. The van der Waals surface area contributed by atoms with Gasteiger partial charge in [-0.3, -0.25) is 34.1 Å². The first kappa shape index (κ1) is 83.7. The fourth-order valence-corrected chi connectivity index (χ4v) is 13.8. The van der Waals surface area contributed by atoms with Crippen molar-refractivity contribution >= 4 is 153 Å². The van der Waals surface area contributed by atoms with Gasteiger partial charge in [-0.1, -0.05) is 40.2 Å². The third-order valence-electron chi connectivity index (χ3n) is 19.7. The number of nitrogens with one attached hydrogen (secondary N) is 3. The summed E-state index contributed by atoms with van der Waals surface area (Å²) in [6.45, 7) is 15.1. The molecule has 3 radical (unpaired) electrons. The van der Waals surface area contributed by atoms with Crippen LogP contribution in [-0.2, 0) is 38.1 Å². The number of nitrogen functional groups attached to an aromatic ring is 4. The minimum atomic E-state index is -0.555. The van der Waals surface area contributed by atoms with Gasteiger partial charge in [-0.05, 0) is 160 Å². The number of nitrogens with zero attached hydrogens (tertiary/aromatic N) is 17. The Morgan fingerprint density at radius 2 is 0.888 bits per heavy atom. The van der Waals surface area contributed by atoms with Crippen LogP contribution in [0.25, 0.3) is 132 Å². The molecule has 2 fully saturated rings. The molecule has 2 aliphatic heterocycles. The predicted molar refractivity (Wildman–Crippen MR) is 446 cm³/mol. The van der Waals surface area contributed by atoms with Gasteiger partial charge in [-0.25, -0.2) is 38.9 Å². The average molecular weight is 1640 g/mol. The normalized spacial score (nSPS) is 15.0. The minimum Gasteiger partial charge on any atom is -1.00 e. The molecule has 18 rings (SSSR count). The minimum absolute atomic E-state index is 0. The standard InChI is InChI=1S/C23H26N6O3.C18H18N6O2.C18H18N6O.C16H16N6O.C5H9BrO2.B.Na.H/c1-3-31-23(30)14(2)28-13-17-21(27-28)16-8-7-15(12-18(16)26-22(17)24)19-9-10-25-29(19)20-6-4-5-11-32-20;1-3-26-18(25)10(2)24-9-13-16(23-24)12-5-4-11(14-6-7-20-22-14)8-15(12)21-17(13)19;19-18-13-10-20-23-17(13)12-5-4-11(9-14(12)22-18)15-6-7-21-24(15)16-3-1-2-8-25-16;1-9(8-23)22-7-12-15(21-22)11-3-2-10(13-4-5-18-20-13)6-14(11)19-16(12)17;1-3-8-5(7)4(2)6;;;/h7-10,12-14,20H,3-6,11H2,1-2H3,(H2,24,26);4-10H,3H2,1-2H3,(H2,19,21)(H,20,22);4-7,9-10,16H,1-3,8H2,(H2,19,22)(H,20,23);2-7,9,23H,8H2,1H3,(H2,17,19)(H,18,20);4H,3H2,1-2H3;;;/q;;;;;;+1;-1. The van der Waals surface area contributed by atoms with Crippen LogP contribution in [-0.4, -0.2) is 175 Å². The van der Waals surface area contributed by atoms with Crippen LogP contribution in [0, 0.1) is 0 Å². The number of rotatable bonds is 16. The van der Waals surface area contributed by atoms with E-state index in [1.54, 1.807) is 92.8 Å². The number of aliphatic hydroxyl groups is 1. The number of hydrogen-bond acceptors (Lipinski definition) is 25. The first-order valence-electron chi connectivity index (χ1n) is 37.6. The van der Waals surface area contributed by atoms with E-state index in [1.807, 2.05) is 114 Å². The molecule has 4 aromatic carbocycles. The molecule has 0 amide bonds. The fraction of sp³-hybridized carbons (Fsp3) is 0.312. The molecule has 6 unspecified atom stereocenters. The largest absolute Gasteiger partial charge is 1.00 e. The molecule has 14 heterocycles. The van der Waals surface area contributed by atoms with Gasteiger partial charge in [0.05, 0.1) is 111 Å². The van der Waals surface area contributed by atoms with Crippen molar-refractivity contribution < 1.29 is 74.2 Å². The Morgan fingerprint density at radius 3 is 1.28 bits per heavy atom. The Kier molecular flexibility index (Phi) is 26.9. The van der Waals surface area contributed by atoms with Gasteiger partial charge in [0, 0.05) is 109 Å². The molecular weight excluding hydrogens is 1550 g/mol. The summed E-state index contributed by atoms with van der Waals surface area (Å²) in [4.78, 5) is 52.6. The number of H-pyrrole nitrogens is 3. The zero-order valence-electron chi connectivity index (χ0n) is 66.4. The summed E-state index contributed by atoms with van der Waals surface area (Å²) in [6.07, 6.45) is 20.4. The molecular formula is C80H88BBrN24NaO9. The van der Waals surface area contributed by atoms with Crippen LogP contribution in [0.15, 0.2) is 147 Å². The van der Waals surface area contributed by atoms with Crippen LogP contribution < -0.4 is 52.5 Å². The number of aromatic nitrogens is 20. The zero-order valence-corrected chi connectivity index (χ0v) is 69.0. The molecule has 0 bridgehead atoms. The molecule has 2 saturated heterocycles. The molecule has 33 nitrogen and oxygen atoms in total. The van der Waals surface area contributed by atoms with Crippen molar-refractivity contribution in [3.8, 4) is 45.0 Å². The number of aromatic amines is 3. The topological polar surface area (TPSA) is 448 Å². The van der Waals surface area contributed by atoms with Crippen molar-refractivity contribution in [1.29, 1.82) is 0 Å². The van der Waals surface area contributed by atoms with E-state index in [2.05, 4.69) is 109 Å². The molecule has 0 spiro atoms. The summed E-state index contributed by atoms with van der Waals surface area (Å²) < 4.78 is 35.4. The van der Waals surface area contributed by atoms with Crippen molar-refractivity contribution in [2.24, 2.45) is 0 Å². The second-order valence-electron chi connectivity index (χ2n) is 27.3. The van der Waals surface area contributed by atoms with E-state index >= 15 is 0 Å². The molecule has 12 N–H and O–H groups in total. The summed E-state index contributed by atoms with van der Waals surface area (Å²) >= 11 is 3.07. The maximum Gasteiger partial charge on any atom is 1.00 e. The smallest absolute Gasteiger partial charge is 1.00 e. The van der Waals surface area contributed by atoms with Gasteiger partial charge in [0.1, 0.15) is 56.7 Å². The number of anilines is 4. The number of alkyl halides is 1. The quantitative estimate of drug-likeness (QED) is 0.0193. The Morgan fingerprint density at radius 1 is 0.500 bits per heavy atom. The second-order valence-corrected chi connectivity index (χ2v) is 28.7. The van der Waals surface area contributed by atoms with Crippen molar-refractivity contribution in [2.45, 2.75) is 122 Å². The number of hydrogen-bond donors (Lipinski definition) is 8. The van der Waals surface area contributed by atoms with Crippen LogP contribution in [0.2, 0.25) is 0 Å². The van der Waals surface area contributed by atoms with Gasteiger partial charge in [0.2, 0.25) is 0 Å². The molecule has 2 aliphatic rings. The monoisotopic (exact) mass is 1640 g/mol. The number of ether oxygens (including phenoxy) is 5. The van der Waals surface area contributed by atoms with Crippen LogP contribution in [0.3, 0.4) is 0 Å². The summed E-state index contributed by atoms with van der Waals surface area (Å²) in [5.74, 6) is 0.789. The Labute approximate surface area is 698 Å². The van der Waals surface area contributed by atoms with Crippen molar-refractivity contribution in [1.82, 2.24) is 99.4 Å². The molecule has 0 aliphatic carbocycles. The van der Waals surface area contributed by atoms with Crippen molar-refractivity contribution in [3.63, 3.8) is 0 Å². The zero-order chi connectivity index (χ0) is 79.8. The SMILES string of the molecule is CC(CO)n1cc2c(N)nc3cc(-c4ccn[nH]4)ccc3c2n1.CCOC(=O)C(C)Br.CCOC(=O)C(C)n1cc2c(N)nc3cc(-c4ccn[nH]4)ccc3c2n1.CCOC(=O)C(C)n1cc2c(N)nc3cc(-c4ccnn4C4CCCCO4)ccc3c2n1.Nc1nc2cc(-c3ccnn3C3CCCCO3)ccc2c2[nH]ncc12.[B].[H-].[Na+]. The maximum absolute atomic E-state index is 12.2. The molecule has 16 aromatic rings. The van der Waals surface area contributed by atoms with Crippen molar-refractivity contribution in [2.75, 3.05) is 62.6 Å². The molecule has 593 valence electrons. The van der Waals surface area contributed by atoms with E-state index in [9.17, 15) is 19.5 Å². The maximum atomic E-state index is 12.2.